The number of nitrogens with zero attached hydrogens (tertiary/aromatic N) is 1. The summed E-state index contributed by atoms with van der Waals surface area (Å²) in [6, 6.07) is 5.37. The molecule has 0 saturated heterocycles. The second-order valence-electron chi connectivity index (χ2n) is 3.62. The number of nitriles is 1. The van der Waals surface area contributed by atoms with E-state index in [0.717, 1.165) is 0 Å². The Labute approximate surface area is 106 Å². The van der Waals surface area contributed by atoms with Crippen LogP contribution < -0.4 is 10.5 Å². The van der Waals surface area contributed by atoms with Gasteiger partial charge in [-0.15, -0.1) is 0 Å². The van der Waals surface area contributed by atoms with Gasteiger partial charge in [0, 0.05) is 12.1 Å². The topological polar surface area (TPSA) is 85.3 Å². The first-order valence-corrected chi connectivity index (χ1v) is 5.61. The van der Waals surface area contributed by atoms with Crippen molar-refractivity contribution in [1.82, 2.24) is 0 Å². The Morgan fingerprint density at radius 3 is 2.67 bits per heavy atom. The zero-order chi connectivity index (χ0) is 13.5. The lowest BCUT2D eigenvalue weighted by atomic mass is 10.0. The largest absolute Gasteiger partial charge is 0.496 e. The molecule has 2 N–H and O–H groups in total. The first kappa shape index (κ1) is 14.0. The fourth-order valence-electron chi connectivity index (χ4n) is 1.64. The summed E-state index contributed by atoms with van der Waals surface area (Å²) in [4.78, 5) is 11.4. The second-order valence-corrected chi connectivity index (χ2v) is 3.62. The highest BCUT2D eigenvalue weighted by Crippen LogP contribution is 2.24. The Bertz CT molecular complexity index is 478. The molecule has 18 heavy (non-hydrogen) atoms. The number of nitrogens with two attached hydrogens (primary N) is 1. The average molecular weight is 248 g/mol. The van der Waals surface area contributed by atoms with E-state index >= 15 is 0 Å². The van der Waals surface area contributed by atoms with E-state index in [1.165, 1.54) is 7.11 Å². The summed E-state index contributed by atoms with van der Waals surface area (Å²) < 4.78 is 10.1. The summed E-state index contributed by atoms with van der Waals surface area (Å²) in [5, 5.41) is 9.01. The molecule has 0 fully saturated rings. The van der Waals surface area contributed by atoms with E-state index in [0.29, 0.717) is 29.0 Å². The molecule has 0 aliphatic heterocycles. The lowest BCUT2D eigenvalue weighted by Crippen LogP contribution is -2.10. The van der Waals surface area contributed by atoms with Crippen molar-refractivity contribution in [3.63, 3.8) is 0 Å². The first-order chi connectivity index (χ1) is 8.65. The van der Waals surface area contributed by atoms with Crippen LogP contribution in [-0.4, -0.2) is 19.7 Å². The Balaban J connectivity index is 3.10. The van der Waals surface area contributed by atoms with Crippen LogP contribution in [0.2, 0.25) is 0 Å². The normalized spacial score (nSPS) is 9.67. The maximum atomic E-state index is 11.4. The Kier molecular flexibility index (Phi) is 5.15. The van der Waals surface area contributed by atoms with Crippen LogP contribution >= 0.6 is 0 Å². The zero-order valence-corrected chi connectivity index (χ0v) is 10.5. The van der Waals surface area contributed by atoms with Crippen LogP contribution in [0.5, 0.6) is 5.75 Å². The molecule has 0 aromatic heterocycles. The van der Waals surface area contributed by atoms with E-state index in [2.05, 4.69) is 6.07 Å². The monoisotopic (exact) mass is 248 g/mol. The van der Waals surface area contributed by atoms with Crippen LogP contribution in [0.1, 0.15) is 23.6 Å². The highest BCUT2D eigenvalue weighted by atomic mass is 16.5. The molecule has 0 atom stereocenters. The number of carbonyl (C=O) groups excluding carboxylic acids is 1. The number of hydrogen-bond acceptors (Lipinski definition) is 5. The molecule has 5 heteroatoms. The van der Waals surface area contributed by atoms with Crippen LogP contribution in [-0.2, 0) is 22.5 Å². The SMILES string of the molecule is CCOC(=O)Cc1cc(C#N)c(CN)cc1OC. The van der Waals surface area contributed by atoms with Crippen LogP contribution in [0.15, 0.2) is 12.1 Å². The van der Waals surface area contributed by atoms with E-state index in [9.17, 15) is 4.79 Å². The van der Waals surface area contributed by atoms with Crippen molar-refractivity contribution < 1.29 is 14.3 Å². The number of methoxy groups -OCH3 is 1. The van der Waals surface area contributed by atoms with Gasteiger partial charge < -0.3 is 15.2 Å². The van der Waals surface area contributed by atoms with E-state index in [1.54, 1.807) is 19.1 Å². The molecule has 0 aliphatic rings. The Morgan fingerprint density at radius 2 is 2.17 bits per heavy atom. The minimum absolute atomic E-state index is 0.0799. The summed E-state index contributed by atoms with van der Waals surface area (Å²) >= 11 is 0. The lowest BCUT2D eigenvalue weighted by Gasteiger charge is -2.11. The summed E-state index contributed by atoms with van der Waals surface area (Å²) in [6.07, 6.45) is 0.0799. The maximum absolute atomic E-state index is 11.4. The van der Waals surface area contributed by atoms with Crippen LogP contribution in [0, 0.1) is 11.3 Å². The molecular formula is C13H16N2O3. The fraction of sp³-hybridized carbons (Fsp3) is 0.385. The predicted molar refractivity (Wildman–Crippen MR) is 65.9 cm³/mol. The summed E-state index contributed by atoms with van der Waals surface area (Å²) in [5.41, 5.74) is 7.33. The molecule has 0 saturated carbocycles. The highest BCUT2D eigenvalue weighted by Gasteiger charge is 2.13. The van der Waals surface area contributed by atoms with Gasteiger partial charge >= 0.3 is 5.97 Å². The van der Waals surface area contributed by atoms with Gasteiger partial charge in [0.2, 0.25) is 0 Å². The van der Waals surface area contributed by atoms with Crippen molar-refractivity contribution in [2.45, 2.75) is 19.9 Å². The molecule has 1 aromatic rings. The molecule has 0 unspecified atom stereocenters. The third-order valence-electron chi connectivity index (χ3n) is 2.49. The summed E-state index contributed by atoms with van der Waals surface area (Å²) in [6.45, 7) is 2.32. The van der Waals surface area contributed by atoms with Gasteiger partial charge in [0.25, 0.3) is 0 Å². The molecule has 5 nitrogen and oxygen atoms in total. The minimum Gasteiger partial charge on any atom is -0.496 e. The molecule has 0 amide bonds. The van der Waals surface area contributed by atoms with Gasteiger partial charge in [-0.3, -0.25) is 4.79 Å². The number of benzene rings is 1. The van der Waals surface area contributed by atoms with E-state index in [-0.39, 0.29) is 18.9 Å². The van der Waals surface area contributed by atoms with Crippen molar-refractivity contribution in [1.29, 1.82) is 5.26 Å². The van der Waals surface area contributed by atoms with Gasteiger partial charge in [0.1, 0.15) is 5.75 Å². The van der Waals surface area contributed by atoms with Gasteiger partial charge in [-0.1, -0.05) is 0 Å². The summed E-state index contributed by atoms with van der Waals surface area (Å²) in [5.74, 6) is 0.197. The third kappa shape index (κ3) is 3.22. The van der Waals surface area contributed by atoms with Gasteiger partial charge in [0.05, 0.1) is 31.8 Å². The number of esters is 1. The van der Waals surface area contributed by atoms with Crippen molar-refractivity contribution in [3.05, 3.63) is 28.8 Å². The van der Waals surface area contributed by atoms with E-state index in [4.69, 9.17) is 20.5 Å². The van der Waals surface area contributed by atoms with Gasteiger partial charge in [-0.2, -0.15) is 5.26 Å². The molecule has 1 aromatic carbocycles. The molecule has 1 rings (SSSR count). The number of carbonyl (C=O) groups is 1. The third-order valence-corrected chi connectivity index (χ3v) is 2.49. The van der Waals surface area contributed by atoms with Crippen molar-refractivity contribution in [3.8, 4) is 11.8 Å². The number of ether oxygens (including phenoxy) is 2. The van der Waals surface area contributed by atoms with Crippen molar-refractivity contribution >= 4 is 5.97 Å². The Morgan fingerprint density at radius 1 is 1.44 bits per heavy atom. The van der Waals surface area contributed by atoms with E-state index < -0.39 is 0 Å². The Hall–Kier alpha value is -2.06. The molecule has 96 valence electrons. The predicted octanol–water partition coefficient (Wildman–Crippen LogP) is 1.13. The lowest BCUT2D eigenvalue weighted by molar-refractivity contribution is -0.142. The van der Waals surface area contributed by atoms with Crippen molar-refractivity contribution in [2.75, 3.05) is 13.7 Å². The molecule has 0 heterocycles. The maximum Gasteiger partial charge on any atom is 0.310 e. The standard InChI is InChI=1S/C13H16N2O3/c1-3-18-13(16)6-9-4-10(7-14)11(8-15)5-12(9)17-2/h4-5H,3,6,8,15H2,1-2H3. The number of hydrogen-bond donors (Lipinski definition) is 1. The molecule has 0 radical (unpaired) electrons. The van der Waals surface area contributed by atoms with Crippen molar-refractivity contribution in [2.24, 2.45) is 5.73 Å². The second kappa shape index (κ2) is 6.62. The number of rotatable bonds is 5. The van der Waals surface area contributed by atoms with E-state index in [1.807, 2.05) is 0 Å². The zero-order valence-electron chi connectivity index (χ0n) is 10.5. The van der Waals surface area contributed by atoms with Crippen LogP contribution in [0.25, 0.3) is 0 Å². The minimum atomic E-state index is -0.347. The van der Waals surface area contributed by atoms with Gasteiger partial charge in [-0.25, -0.2) is 0 Å². The highest BCUT2D eigenvalue weighted by molar-refractivity contribution is 5.74. The molecule has 0 spiro atoms. The summed E-state index contributed by atoms with van der Waals surface area (Å²) in [7, 11) is 1.51. The molecule has 0 bridgehead atoms. The molecule has 0 aliphatic carbocycles. The molecular weight excluding hydrogens is 232 g/mol. The van der Waals surface area contributed by atoms with Crippen LogP contribution in [0.4, 0.5) is 0 Å². The quantitative estimate of drug-likeness (QED) is 0.789. The first-order valence-electron chi connectivity index (χ1n) is 5.61. The fourth-order valence-corrected chi connectivity index (χ4v) is 1.64. The smallest absolute Gasteiger partial charge is 0.310 e. The average Bonchev–Trinajstić information content (AvgIpc) is 2.38. The van der Waals surface area contributed by atoms with Crippen LogP contribution in [0.3, 0.4) is 0 Å². The van der Waals surface area contributed by atoms with Gasteiger partial charge in [0.15, 0.2) is 0 Å². The van der Waals surface area contributed by atoms with Gasteiger partial charge in [-0.05, 0) is 24.6 Å².